The fraction of sp³-hybridized carbons (Fsp3) is 0.440. The Labute approximate surface area is 207 Å². The second-order valence-corrected chi connectivity index (χ2v) is 11.5. The first-order valence-electron chi connectivity index (χ1n) is 11.4. The minimum atomic E-state index is -3.82. The molecule has 10 heteroatoms. The highest BCUT2D eigenvalue weighted by atomic mass is 32.2. The van der Waals surface area contributed by atoms with E-state index in [0.29, 0.717) is 17.9 Å². The number of carbonyl (C=O) groups excluding carboxylic acids is 2. The number of nitrogens with one attached hydrogen (secondary N) is 1. The average Bonchev–Trinajstić information content (AvgIpc) is 3.24. The number of sulfonamides is 1. The molecule has 9 nitrogen and oxygen atoms in total. The molecule has 2 aromatic rings. The minimum absolute atomic E-state index is 0.0459. The highest BCUT2D eigenvalue weighted by Gasteiger charge is 2.31. The third kappa shape index (κ3) is 7.11. The Kier molecular flexibility index (Phi) is 7.94. The normalized spacial score (nSPS) is 13.7. The highest BCUT2D eigenvalue weighted by Crippen LogP contribution is 2.36. The summed E-state index contributed by atoms with van der Waals surface area (Å²) in [6.45, 7) is 7.07. The van der Waals surface area contributed by atoms with Crippen LogP contribution in [-0.4, -0.2) is 62.9 Å². The first-order valence-corrected chi connectivity index (χ1v) is 13.2. The maximum absolute atomic E-state index is 13.5. The Hall–Kier alpha value is -3.27. The number of hydrogen-bond donors (Lipinski definition) is 1. The van der Waals surface area contributed by atoms with E-state index < -0.39 is 34.1 Å². The van der Waals surface area contributed by atoms with Gasteiger partial charge >= 0.3 is 0 Å². The molecule has 0 saturated carbocycles. The molecule has 0 spiro atoms. The van der Waals surface area contributed by atoms with Crippen molar-refractivity contribution in [1.82, 2.24) is 10.2 Å². The van der Waals surface area contributed by atoms with Crippen LogP contribution in [0.5, 0.6) is 11.5 Å². The van der Waals surface area contributed by atoms with E-state index in [0.717, 1.165) is 16.1 Å². The van der Waals surface area contributed by atoms with Gasteiger partial charge in [-0.2, -0.15) is 0 Å². The quantitative estimate of drug-likeness (QED) is 0.564. The van der Waals surface area contributed by atoms with E-state index in [4.69, 9.17) is 9.47 Å². The van der Waals surface area contributed by atoms with Crippen molar-refractivity contribution in [2.24, 2.45) is 0 Å². The maximum Gasteiger partial charge on any atom is 0.244 e. The van der Waals surface area contributed by atoms with Crippen molar-refractivity contribution in [3.8, 4) is 11.5 Å². The number of anilines is 1. The molecule has 2 aromatic carbocycles. The van der Waals surface area contributed by atoms with Crippen molar-refractivity contribution in [2.75, 3.05) is 30.4 Å². The molecule has 1 aliphatic heterocycles. The number of hydrogen-bond acceptors (Lipinski definition) is 6. The van der Waals surface area contributed by atoms with Crippen LogP contribution in [-0.2, 0) is 26.0 Å². The highest BCUT2D eigenvalue weighted by molar-refractivity contribution is 7.92. The average molecular weight is 504 g/mol. The zero-order valence-corrected chi connectivity index (χ0v) is 21.6. The molecule has 3 rings (SSSR count). The number of amides is 2. The van der Waals surface area contributed by atoms with Gasteiger partial charge < -0.3 is 19.7 Å². The van der Waals surface area contributed by atoms with Gasteiger partial charge in [-0.3, -0.25) is 13.9 Å². The number of fused-ring (bicyclic) bond motifs is 1. The van der Waals surface area contributed by atoms with Crippen molar-refractivity contribution in [2.45, 2.75) is 45.7 Å². The second-order valence-electron chi connectivity index (χ2n) is 9.55. The van der Waals surface area contributed by atoms with Gasteiger partial charge in [0.1, 0.15) is 12.6 Å². The molecule has 1 N–H and O–H groups in total. The van der Waals surface area contributed by atoms with E-state index in [9.17, 15) is 18.0 Å². The fourth-order valence-electron chi connectivity index (χ4n) is 3.70. The van der Waals surface area contributed by atoms with Crippen molar-refractivity contribution < 1.29 is 27.5 Å². The molecule has 0 saturated heterocycles. The Morgan fingerprint density at radius 2 is 1.71 bits per heavy atom. The lowest BCUT2D eigenvalue weighted by molar-refractivity contribution is -0.139. The fourth-order valence-corrected chi connectivity index (χ4v) is 4.54. The molecule has 0 aliphatic carbocycles. The Morgan fingerprint density at radius 3 is 2.34 bits per heavy atom. The summed E-state index contributed by atoms with van der Waals surface area (Å²) in [5, 5.41) is 2.90. The molecular formula is C25H33N3O6S. The standard InChI is InChI=1S/C25H33N3O6S/c1-18(24(30)26-25(2,3)4)27(14-13-19-9-7-6-8-10-19)23(29)16-28(35(5,31)32)20-11-12-21-22(15-20)34-17-33-21/h6-12,15,18H,13-14,16-17H2,1-5H3,(H,26,30). The van der Waals surface area contributed by atoms with Crippen LogP contribution in [0.15, 0.2) is 48.5 Å². The molecule has 2 amide bonds. The molecule has 0 bridgehead atoms. The van der Waals surface area contributed by atoms with Crippen LogP contribution in [0.3, 0.4) is 0 Å². The van der Waals surface area contributed by atoms with Crippen molar-refractivity contribution in [3.63, 3.8) is 0 Å². The van der Waals surface area contributed by atoms with Crippen molar-refractivity contribution in [1.29, 1.82) is 0 Å². The number of benzene rings is 2. The first-order chi connectivity index (χ1) is 16.3. The van der Waals surface area contributed by atoms with E-state index in [-0.39, 0.29) is 24.9 Å². The second kappa shape index (κ2) is 10.6. The zero-order chi connectivity index (χ0) is 25.8. The number of nitrogens with zero attached hydrogens (tertiary/aromatic N) is 2. The Bertz CT molecular complexity index is 1160. The van der Waals surface area contributed by atoms with Crippen molar-refractivity contribution >= 4 is 27.5 Å². The van der Waals surface area contributed by atoms with Gasteiger partial charge in [0.15, 0.2) is 11.5 Å². The van der Waals surface area contributed by atoms with Crippen LogP contribution in [0.1, 0.15) is 33.3 Å². The van der Waals surface area contributed by atoms with E-state index in [1.807, 2.05) is 51.1 Å². The van der Waals surface area contributed by atoms with Crippen LogP contribution in [0.2, 0.25) is 0 Å². The van der Waals surface area contributed by atoms with Gasteiger partial charge in [0.05, 0.1) is 11.9 Å². The molecule has 0 fully saturated rings. The van der Waals surface area contributed by atoms with Gasteiger partial charge in [-0.05, 0) is 51.8 Å². The molecule has 1 unspecified atom stereocenters. The lowest BCUT2D eigenvalue weighted by Crippen LogP contribution is -2.55. The van der Waals surface area contributed by atoms with Gasteiger partial charge in [-0.15, -0.1) is 0 Å². The zero-order valence-electron chi connectivity index (χ0n) is 20.8. The third-order valence-electron chi connectivity index (χ3n) is 5.47. The first kappa shape index (κ1) is 26.3. The van der Waals surface area contributed by atoms with Crippen LogP contribution in [0, 0.1) is 0 Å². The lowest BCUT2D eigenvalue weighted by Gasteiger charge is -2.33. The largest absolute Gasteiger partial charge is 0.454 e. The summed E-state index contributed by atoms with van der Waals surface area (Å²) < 4.78 is 37.0. The van der Waals surface area contributed by atoms with E-state index in [2.05, 4.69) is 5.32 Å². The summed E-state index contributed by atoms with van der Waals surface area (Å²) in [5.74, 6) is 0.112. The monoisotopic (exact) mass is 503 g/mol. The molecule has 0 aromatic heterocycles. The molecule has 0 radical (unpaired) electrons. The molecular weight excluding hydrogens is 470 g/mol. The minimum Gasteiger partial charge on any atom is -0.454 e. The summed E-state index contributed by atoms with van der Waals surface area (Å²) in [4.78, 5) is 27.9. The predicted octanol–water partition coefficient (Wildman–Crippen LogP) is 2.56. The van der Waals surface area contributed by atoms with Crippen LogP contribution in [0.25, 0.3) is 0 Å². The SMILES string of the molecule is CC(C(=O)NC(C)(C)C)N(CCc1ccccc1)C(=O)CN(c1ccc2c(c1)OCO2)S(C)(=O)=O. The van der Waals surface area contributed by atoms with Crippen LogP contribution < -0.4 is 19.1 Å². The van der Waals surface area contributed by atoms with Gasteiger partial charge in [-0.1, -0.05) is 30.3 Å². The topological polar surface area (TPSA) is 105 Å². The number of carbonyl (C=O) groups is 2. The summed E-state index contributed by atoms with van der Waals surface area (Å²) in [7, 11) is -3.82. The molecule has 1 heterocycles. The Morgan fingerprint density at radius 1 is 1.06 bits per heavy atom. The van der Waals surface area contributed by atoms with E-state index in [1.54, 1.807) is 19.1 Å². The summed E-state index contributed by atoms with van der Waals surface area (Å²) in [6.07, 6.45) is 1.55. The molecule has 1 atom stereocenters. The Balaban J connectivity index is 1.86. The summed E-state index contributed by atoms with van der Waals surface area (Å²) in [5.41, 5.74) is 0.800. The third-order valence-corrected chi connectivity index (χ3v) is 6.61. The number of ether oxygens (including phenoxy) is 2. The molecule has 190 valence electrons. The van der Waals surface area contributed by atoms with Crippen LogP contribution >= 0.6 is 0 Å². The summed E-state index contributed by atoms with van der Waals surface area (Å²) in [6, 6.07) is 13.5. The lowest BCUT2D eigenvalue weighted by atomic mass is 10.1. The summed E-state index contributed by atoms with van der Waals surface area (Å²) >= 11 is 0. The van der Waals surface area contributed by atoms with Gasteiger partial charge in [-0.25, -0.2) is 8.42 Å². The van der Waals surface area contributed by atoms with Crippen molar-refractivity contribution in [3.05, 3.63) is 54.1 Å². The van der Waals surface area contributed by atoms with E-state index >= 15 is 0 Å². The molecule has 1 aliphatic rings. The molecule has 35 heavy (non-hydrogen) atoms. The maximum atomic E-state index is 13.5. The van der Waals surface area contributed by atoms with Gasteiger partial charge in [0.2, 0.25) is 28.6 Å². The smallest absolute Gasteiger partial charge is 0.244 e. The predicted molar refractivity (Wildman–Crippen MR) is 134 cm³/mol. The van der Waals surface area contributed by atoms with Gasteiger partial charge in [0.25, 0.3) is 0 Å². The van der Waals surface area contributed by atoms with Gasteiger partial charge in [0, 0.05) is 18.2 Å². The van der Waals surface area contributed by atoms with Crippen LogP contribution in [0.4, 0.5) is 5.69 Å². The number of rotatable bonds is 9. The van der Waals surface area contributed by atoms with E-state index in [1.165, 1.54) is 11.0 Å².